The summed E-state index contributed by atoms with van der Waals surface area (Å²) in [6, 6.07) is 5.57. The smallest absolute Gasteiger partial charge is 0.290 e. The summed E-state index contributed by atoms with van der Waals surface area (Å²) in [7, 11) is 0. The maximum absolute atomic E-state index is 13.2. The molecular weight excluding hydrogens is 306 g/mol. The van der Waals surface area contributed by atoms with Gasteiger partial charge in [-0.05, 0) is 37.1 Å². The van der Waals surface area contributed by atoms with E-state index in [0.717, 1.165) is 12.1 Å². The molecule has 2 amide bonds. The van der Waals surface area contributed by atoms with Crippen LogP contribution in [0.25, 0.3) is 0 Å². The molecule has 0 radical (unpaired) electrons. The number of halogens is 2. The van der Waals surface area contributed by atoms with Crippen LogP contribution in [-0.4, -0.2) is 29.3 Å². The first-order valence-corrected chi connectivity index (χ1v) is 7.16. The van der Waals surface area contributed by atoms with Crippen molar-refractivity contribution < 1.29 is 22.8 Å². The normalized spacial score (nSPS) is 17.3. The van der Waals surface area contributed by atoms with E-state index < -0.39 is 23.6 Å². The van der Waals surface area contributed by atoms with Gasteiger partial charge in [-0.1, -0.05) is 0 Å². The van der Waals surface area contributed by atoms with Gasteiger partial charge >= 0.3 is 0 Å². The van der Waals surface area contributed by atoms with Gasteiger partial charge in [0.05, 0.1) is 6.26 Å². The molecule has 0 spiro atoms. The number of carbonyl (C=O) groups excluding carboxylic acids is 2. The molecule has 2 heterocycles. The molecule has 120 valence electrons. The molecule has 0 aliphatic carbocycles. The average molecular weight is 320 g/mol. The highest BCUT2D eigenvalue weighted by atomic mass is 19.2. The van der Waals surface area contributed by atoms with Crippen molar-refractivity contribution in [2.75, 3.05) is 11.9 Å². The van der Waals surface area contributed by atoms with E-state index in [-0.39, 0.29) is 17.4 Å². The topological polar surface area (TPSA) is 62.6 Å². The van der Waals surface area contributed by atoms with Crippen molar-refractivity contribution in [3.05, 3.63) is 54.0 Å². The lowest BCUT2D eigenvalue weighted by molar-refractivity contribution is -0.119. The standard InChI is InChI=1S/C16H14F2N2O3/c17-11-6-5-10(9-12(11)18)19-15(21)13-3-1-7-20(13)16(22)14-4-2-8-23-14/h2,4-6,8-9,13H,1,3,7H2,(H,19,21). The molecule has 1 fully saturated rings. The molecule has 1 saturated heterocycles. The summed E-state index contributed by atoms with van der Waals surface area (Å²) in [4.78, 5) is 26.1. The number of furan rings is 1. The minimum atomic E-state index is -1.04. The number of rotatable bonds is 3. The molecular formula is C16H14F2N2O3. The van der Waals surface area contributed by atoms with E-state index >= 15 is 0 Å². The van der Waals surface area contributed by atoms with Crippen molar-refractivity contribution in [3.8, 4) is 0 Å². The van der Waals surface area contributed by atoms with Gasteiger partial charge < -0.3 is 14.6 Å². The Labute approximate surface area is 130 Å². The van der Waals surface area contributed by atoms with Crippen molar-refractivity contribution in [3.63, 3.8) is 0 Å². The van der Waals surface area contributed by atoms with Crippen molar-refractivity contribution >= 4 is 17.5 Å². The Balaban J connectivity index is 1.73. The molecule has 0 saturated carbocycles. The molecule has 3 rings (SSSR count). The molecule has 23 heavy (non-hydrogen) atoms. The van der Waals surface area contributed by atoms with Crippen molar-refractivity contribution in [2.45, 2.75) is 18.9 Å². The van der Waals surface area contributed by atoms with Crippen LogP contribution in [0.1, 0.15) is 23.4 Å². The highest BCUT2D eigenvalue weighted by Gasteiger charge is 2.35. The van der Waals surface area contributed by atoms with Crippen LogP contribution in [-0.2, 0) is 4.79 Å². The van der Waals surface area contributed by atoms with E-state index in [1.54, 1.807) is 6.07 Å². The number of hydrogen-bond donors (Lipinski definition) is 1. The Morgan fingerprint density at radius 1 is 1.22 bits per heavy atom. The maximum Gasteiger partial charge on any atom is 0.290 e. The van der Waals surface area contributed by atoms with Gasteiger partial charge in [0.25, 0.3) is 5.91 Å². The van der Waals surface area contributed by atoms with Gasteiger partial charge in [-0.15, -0.1) is 0 Å². The molecule has 5 nitrogen and oxygen atoms in total. The Kier molecular flexibility index (Phi) is 4.10. The highest BCUT2D eigenvalue weighted by molar-refractivity contribution is 6.00. The van der Waals surface area contributed by atoms with Gasteiger partial charge in [-0.3, -0.25) is 9.59 Å². The fourth-order valence-electron chi connectivity index (χ4n) is 2.62. The zero-order chi connectivity index (χ0) is 16.4. The largest absolute Gasteiger partial charge is 0.459 e. The SMILES string of the molecule is O=C(Nc1ccc(F)c(F)c1)C1CCCN1C(=O)c1ccco1. The number of likely N-dealkylation sites (tertiary alicyclic amines) is 1. The maximum atomic E-state index is 13.2. The molecule has 0 bridgehead atoms. The molecule has 7 heteroatoms. The molecule has 1 aromatic carbocycles. The van der Waals surface area contributed by atoms with Crippen LogP contribution in [0.15, 0.2) is 41.0 Å². The summed E-state index contributed by atoms with van der Waals surface area (Å²) in [6.45, 7) is 0.440. The van der Waals surface area contributed by atoms with Crippen molar-refractivity contribution in [1.29, 1.82) is 0 Å². The van der Waals surface area contributed by atoms with E-state index in [0.29, 0.717) is 19.4 Å². The lowest BCUT2D eigenvalue weighted by Crippen LogP contribution is -2.43. The van der Waals surface area contributed by atoms with Crippen LogP contribution >= 0.6 is 0 Å². The first kappa shape index (κ1) is 15.2. The second-order valence-corrected chi connectivity index (χ2v) is 5.25. The van der Waals surface area contributed by atoms with Gasteiger partial charge in [-0.25, -0.2) is 8.78 Å². The van der Waals surface area contributed by atoms with E-state index in [2.05, 4.69) is 5.32 Å². The van der Waals surface area contributed by atoms with E-state index in [1.807, 2.05) is 0 Å². The minimum absolute atomic E-state index is 0.145. The number of hydrogen-bond acceptors (Lipinski definition) is 3. The zero-order valence-electron chi connectivity index (χ0n) is 12.1. The zero-order valence-corrected chi connectivity index (χ0v) is 12.1. The molecule has 2 aromatic rings. The summed E-state index contributed by atoms with van der Waals surface area (Å²) in [5.74, 6) is -2.67. The van der Waals surface area contributed by atoms with Gasteiger partial charge in [0, 0.05) is 18.3 Å². The van der Waals surface area contributed by atoms with Crippen LogP contribution in [0.3, 0.4) is 0 Å². The predicted octanol–water partition coefficient (Wildman–Crippen LogP) is 2.80. The third kappa shape index (κ3) is 3.08. The molecule has 1 aromatic heterocycles. The summed E-state index contributed by atoms with van der Waals surface area (Å²) in [6.07, 6.45) is 2.57. The number of anilines is 1. The summed E-state index contributed by atoms with van der Waals surface area (Å²) in [5.41, 5.74) is 0.145. The number of nitrogens with one attached hydrogen (secondary N) is 1. The van der Waals surface area contributed by atoms with Gasteiger partial charge in [0.2, 0.25) is 5.91 Å². The average Bonchev–Trinajstić information content (AvgIpc) is 3.21. The van der Waals surface area contributed by atoms with Crippen LogP contribution in [0.5, 0.6) is 0 Å². The Morgan fingerprint density at radius 2 is 2.04 bits per heavy atom. The first-order chi connectivity index (χ1) is 11.1. The summed E-state index contributed by atoms with van der Waals surface area (Å²) in [5, 5.41) is 2.51. The second kappa shape index (κ2) is 6.20. The third-order valence-electron chi connectivity index (χ3n) is 3.74. The summed E-state index contributed by atoms with van der Waals surface area (Å²) >= 11 is 0. The fourth-order valence-corrected chi connectivity index (χ4v) is 2.62. The number of nitrogens with zero attached hydrogens (tertiary/aromatic N) is 1. The number of amides is 2. The Morgan fingerprint density at radius 3 is 2.74 bits per heavy atom. The molecule has 1 aliphatic heterocycles. The lowest BCUT2D eigenvalue weighted by atomic mass is 10.2. The molecule has 1 aliphatic rings. The van der Waals surface area contributed by atoms with Crippen LogP contribution in [0.4, 0.5) is 14.5 Å². The lowest BCUT2D eigenvalue weighted by Gasteiger charge is -2.23. The number of carbonyl (C=O) groups is 2. The second-order valence-electron chi connectivity index (χ2n) is 5.25. The molecule has 1 N–H and O–H groups in total. The van der Waals surface area contributed by atoms with E-state index in [9.17, 15) is 18.4 Å². The van der Waals surface area contributed by atoms with Gasteiger partial charge in [0.1, 0.15) is 6.04 Å². The van der Waals surface area contributed by atoms with E-state index in [4.69, 9.17) is 4.42 Å². The van der Waals surface area contributed by atoms with E-state index in [1.165, 1.54) is 23.3 Å². The Bertz CT molecular complexity index is 731. The van der Waals surface area contributed by atoms with Crippen molar-refractivity contribution in [2.24, 2.45) is 0 Å². The monoisotopic (exact) mass is 320 g/mol. The number of benzene rings is 1. The van der Waals surface area contributed by atoms with Crippen LogP contribution in [0, 0.1) is 11.6 Å². The van der Waals surface area contributed by atoms with Crippen molar-refractivity contribution in [1.82, 2.24) is 4.90 Å². The minimum Gasteiger partial charge on any atom is -0.459 e. The molecule has 1 unspecified atom stereocenters. The van der Waals surface area contributed by atoms with Gasteiger partial charge in [0.15, 0.2) is 17.4 Å². The highest BCUT2D eigenvalue weighted by Crippen LogP contribution is 2.22. The first-order valence-electron chi connectivity index (χ1n) is 7.16. The Hall–Kier alpha value is -2.70. The molecule has 1 atom stereocenters. The third-order valence-corrected chi connectivity index (χ3v) is 3.74. The predicted molar refractivity (Wildman–Crippen MR) is 77.8 cm³/mol. The van der Waals surface area contributed by atoms with Gasteiger partial charge in [-0.2, -0.15) is 0 Å². The quantitative estimate of drug-likeness (QED) is 0.946. The fraction of sp³-hybridized carbons (Fsp3) is 0.250. The van der Waals surface area contributed by atoms with Crippen LogP contribution < -0.4 is 5.32 Å². The summed E-state index contributed by atoms with van der Waals surface area (Å²) < 4.78 is 31.2. The van der Waals surface area contributed by atoms with Crippen LogP contribution in [0.2, 0.25) is 0 Å².